The Labute approximate surface area is 101 Å². The molecule has 0 aliphatic heterocycles. The minimum atomic E-state index is 1.10. The zero-order valence-corrected chi connectivity index (χ0v) is 11.3. The Morgan fingerprint density at radius 3 is 1.94 bits per heavy atom. The van der Waals surface area contributed by atoms with Gasteiger partial charge in [0.1, 0.15) is 0 Å². The Kier molecular flexibility index (Phi) is 2.80. The lowest BCUT2D eigenvalue weighted by molar-refractivity contribution is 0.131. The van der Waals surface area contributed by atoms with E-state index in [1.165, 1.54) is 19.3 Å². The van der Waals surface area contributed by atoms with Crippen molar-refractivity contribution in [3.63, 3.8) is 0 Å². The lowest BCUT2D eigenvalue weighted by Gasteiger charge is -2.35. The highest BCUT2D eigenvalue weighted by atomic mass is 14.6. The molecule has 0 saturated heterocycles. The lowest BCUT2D eigenvalue weighted by atomic mass is 9.70. The summed E-state index contributed by atoms with van der Waals surface area (Å²) >= 11 is 0. The van der Waals surface area contributed by atoms with Crippen LogP contribution in [0.1, 0.15) is 59.3 Å². The highest BCUT2D eigenvalue weighted by Crippen LogP contribution is 2.65. The Bertz CT molecular complexity index is 257. The van der Waals surface area contributed by atoms with Crippen LogP contribution in [0.2, 0.25) is 0 Å². The fourth-order valence-electron chi connectivity index (χ4n) is 6.00. The summed E-state index contributed by atoms with van der Waals surface area (Å²) < 4.78 is 0. The molecule has 0 radical (unpaired) electrons. The predicted molar refractivity (Wildman–Crippen MR) is 69.2 cm³/mol. The first kappa shape index (κ1) is 11.1. The van der Waals surface area contributed by atoms with Gasteiger partial charge in [-0.1, -0.05) is 40.0 Å². The van der Waals surface area contributed by atoms with Crippen LogP contribution in [0.5, 0.6) is 0 Å². The van der Waals surface area contributed by atoms with Crippen molar-refractivity contribution in [3.05, 3.63) is 0 Å². The molecule has 0 aromatic carbocycles. The molecule has 3 rings (SSSR count). The van der Waals surface area contributed by atoms with Gasteiger partial charge in [0.05, 0.1) is 0 Å². The molecule has 16 heavy (non-hydrogen) atoms. The van der Waals surface area contributed by atoms with Crippen molar-refractivity contribution in [2.45, 2.75) is 59.3 Å². The molecule has 0 heteroatoms. The fourth-order valence-corrected chi connectivity index (χ4v) is 6.00. The molecule has 0 nitrogen and oxygen atoms in total. The molecule has 0 aromatic heterocycles. The SMILES string of the molecule is CCC1CC(CC)C2C1[C@H]1CC(CC)[C@@H]2C1. The third kappa shape index (κ3) is 1.34. The van der Waals surface area contributed by atoms with Gasteiger partial charge in [-0.3, -0.25) is 0 Å². The van der Waals surface area contributed by atoms with E-state index in [9.17, 15) is 0 Å². The van der Waals surface area contributed by atoms with E-state index in [1.807, 2.05) is 0 Å². The normalized spacial score (nSPS) is 54.6. The Hall–Kier alpha value is 0. The highest BCUT2D eigenvalue weighted by Gasteiger charge is 2.58. The van der Waals surface area contributed by atoms with Gasteiger partial charge in [0.2, 0.25) is 0 Å². The van der Waals surface area contributed by atoms with Crippen LogP contribution >= 0.6 is 0 Å². The van der Waals surface area contributed by atoms with Gasteiger partial charge >= 0.3 is 0 Å². The zero-order valence-electron chi connectivity index (χ0n) is 11.3. The molecule has 3 saturated carbocycles. The van der Waals surface area contributed by atoms with Gasteiger partial charge in [0.15, 0.2) is 0 Å². The largest absolute Gasteiger partial charge is 0.0651 e. The van der Waals surface area contributed by atoms with E-state index >= 15 is 0 Å². The van der Waals surface area contributed by atoms with E-state index in [0.717, 1.165) is 41.4 Å². The van der Waals surface area contributed by atoms with Crippen LogP contribution in [0, 0.1) is 41.4 Å². The van der Waals surface area contributed by atoms with Crippen molar-refractivity contribution < 1.29 is 0 Å². The van der Waals surface area contributed by atoms with E-state index in [4.69, 9.17) is 0 Å². The summed E-state index contributed by atoms with van der Waals surface area (Å²) in [4.78, 5) is 0. The minimum Gasteiger partial charge on any atom is -0.0651 e. The van der Waals surface area contributed by atoms with Gasteiger partial charge in [0.25, 0.3) is 0 Å². The average molecular weight is 220 g/mol. The maximum absolute atomic E-state index is 2.44. The van der Waals surface area contributed by atoms with Gasteiger partial charge in [-0.15, -0.1) is 0 Å². The highest BCUT2D eigenvalue weighted by molar-refractivity contribution is 5.07. The van der Waals surface area contributed by atoms with Gasteiger partial charge in [-0.25, -0.2) is 0 Å². The molecule has 0 spiro atoms. The molecule has 3 aliphatic rings. The van der Waals surface area contributed by atoms with Gasteiger partial charge in [0, 0.05) is 0 Å². The number of hydrogen-bond donors (Lipinski definition) is 0. The third-order valence-corrected chi connectivity index (χ3v) is 6.54. The zero-order chi connectivity index (χ0) is 11.3. The smallest absolute Gasteiger partial charge is 0.0321 e. The molecular formula is C16H28. The number of rotatable bonds is 3. The number of hydrogen-bond acceptors (Lipinski definition) is 0. The monoisotopic (exact) mass is 220 g/mol. The fraction of sp³-hybridized carbons (Fsp3) is 1.00. The number of fused-ring (bicyclic) bond motifs is 5. The van der Waals surface area contributed by atoms with E-state index in [-0.39, 0.29) is 0 Å². The minimum absolute atomic E-state index is 1.10. The molecule has 5 unspecified atom stereocenters. The third-order valence-electron chi connectivity index (χ3n) is 6.54. The van der Waals surface area contributed by atoms with Crippen molar-refractivity contribution in [1.82, 2.24) is 0 Å². The van der Waals surface area contributed by atoms with Crippen molar-refractivity contribution in [3.8, 4) is 0 Å². The Morgan fingerprint density at radius 1 is 0.688 bits per heavy atom. The average Bonchev–Trinajstić information content (AvgIpc) is 2.97. The molecule has 92 valence electrons. The molecule has 7 atom stereocenters. The van der Waals surface area contributed by atoms with Crippen LogP contribution in [0.4, 0.5) is 0 Å². The van der Waals surface area contributed by atoms with Gasteiger partial charge in [-0.05, 0) is 60.7 Å². The van der Waals surface area contributed by atoms with E-state index < -0.39 is 0 Å². The molecule has 0 aromatic rings. The first-order valence-corrected chi connectivity index (χ1v) is 7.80. The summed E-state index contributed by atoms with van der Waals surface area (Å²) in [7, 11) is 0. The second-order valence-electron chi connectivity index (χ2n) is 6.79. The summed E-state index contributed by atoms with van der Waals surface area (Å²) in [5.74, 6) is 7.89. The molecule has 3 aliphatic carbocycles. The lowest BCUT2D eigenvalue weighted by Crippen LogP contribution is -2.29. The van der Waals surface area contributed by atoms with Crippen molar-refractivity contribution in [1.29, 1.82) is 0 Å². The topological polar surface area (TPSA) is 0 Å². The van der Waals surface area contributed by atoms with Crippen LogP contribution in [0.15, 0.2) is 0 Å². The molecule has 0 N–H and O–H groups in total. The quantitative estimate of drug-likeness (QED) is 0.644. The molecule has 0 amide bonds. The van der Waals surface area contributed by atoms with E-state index in [0.29, 0.717) is 0 Å². The summed E-state index contributed by atoms with van der Waals surface area (Å²) in [6.07, 6.45) is 9.15. The van der Waals surface area contributed by atoms with Crippen LogP contribution < -0.4 is 0 Å². The predicted octanol–water partition coefficient (Wildman–Crippen LogP) is 4.74. The molecule has 3 fully saturated rings. The Balaban J connectivity index is 1.84. The van der Waals surface area contributed by atoms with Crippen molar-refractivity contribution in [2.24, 2.45) is 41.4 Å². The maximum atomic E-state index is 2.44. The molecule has 2 bridgehead atoms. The van der Waals surface area contributed by atoms with Gasteiger partial charge in [-0.2, -0.15) is 0 Å². The van der Waals surface area contributed by atoms with Crippen LogP contribution in [-0.2, 0) is 0 Å². The van der Waals surface area contributed by atoms with Crippen molar-refractivity contribution in [2.75, 3.05) is 0 Å². The summed E-state index contributed by atoms with van der Waals surface area (Å²) in [6.45, 7) is 7.29. The van der Waals surface area contributed by atoms with E-state index in [2.05, 4.69) is 20.8 Å². The summed E-state index contributed by atoms with van der Waals surface area (Å²) in [6, 6.07) is 0. The standard InChI is InChI=1S/C16H28/c1-4-10-7-13-9-14(10)16-12(6-3)8-11(5-2)15(13)16/h10-16H,4-9H2,1-3H3/t10?,11?,12?,13-,14-,15?,16?/m0/s1. The van der Waals surface area contributed by atoms with Crippen LogP contribution in [0.3, 0.4) is 0 Å². The summed E-state index contributed by atoms with van der Waals surface area (Å²) in [5.41, 5.74) is 0. The van der Waals surface area contributed by atoms with Crippen molar-refractivity contribution >= 4 is 0 Å². The van der Waals surface area contributed by atoms with E-state index in [1.54, 1.807) is 19.3 Å². The molecule has 0 heterocycles. The van der Waals surface area contributed by atoms with Crippen LogP contribution in [-0.4, -0.2) is 0 Å². The maximum Gasteiger partial charge on any atom is -0.0321 e. The second kappa shape index (κ2) is 4.03. The summed E-state index contributed by atoms with van der Waals surface area (Å²) in [5, 5.41) is 0. The second-order valence-corrected chi connectivity index (χ2v) is 6.79. The van der Waals surface area contributed by atoms with Gasteiger partial charge < -0.3 is 0 Å². The molecular weight excluding hydrogens is 192 g/mol. The van der Waals surface area contributed by atoms with Crippen LogP contribution in [0.25, 0.3) is 0 Å². The Morgan fingerprint density at radius 2 is 1.31 bits per heavy atom. The first-order chi connectivity index (χ1) is 7.80. The first-order valence-electron chi connectivity index (χ1n) is 7.80.